The van der Waals surface area contributed by atoms with Crippen molar-refractivity contribution in [1.29, 1.82) is 0 Å². The molecule has 0 saturated heterocycles. The first kappa shape index (κ1) is 15.8. The van der Waals surface area contributed by atoms with Crippen molar-refractivity contribution in [2.45, 2.75) is 32.9 Å². The lowest BCUT2D eigenvalue weighted by molar-refractivity contribution is 0.412. The van der Waals surface area contributed by atoms with Crippen LogP contribution < -0.4 is 10.1 Å². The molecule has 0 aromatic heterocycles. The fourth-order valence-electron chi connectivity index (χ4n) is 1.84. The molecule has 4 heteroatoms. The number of ether oxygens (including phenoxy) is 1. The summed E-state index contributed by atoms with van der Waals surface area (Å²) in [5.74, 6) is 2.16. The van der Waals surface area contributed by atoms with Crippen molar-refractivity contribution >= 4 is 27.5 Å². The van der Waals surface area contributed by atoms with Crippen LogP contribution in [0.1, 0.15) is 25.8 Å². The molecule has 0 heterocycles. The van der Waals surface area contributed by atoms with E-state index in [-0.39, 0.29) is 0 Å². The van der Waals surface area contributed by atoms with Gasteiger partial charge in [0.25, 0.3) is 0 Å². The number of hydrogen-bond acceptors (Lipinski definition) is 2. The van der Waals surface area contributed by atoms with Gasteiger partial charge >= 0.3 is 0 Å². The molecule has 1 atom stereocenters. The Labute approximate surface area is 123 Å². The van der Waals surface area contributed by atoms with Crippen LogP contribution in [-0.2, 0) is 6.54 Å². The summed E-state index contributed by atoms with van der Waals surface area (Å²) >= 11 is 9.53. The monoisotopic (exact) mass is 333 g/mol. The van der Waals surface area contributed by atoms with E-state index in [9.17, 15) is 0 Å². The lowest BCUT2D eigenvalue weighted by Crippen LogP contribution is -2.31. The Hall–Kier alpha value is -0.250. The normalized spacial score (nSPS) is 12.8. The zero-order valence-corrected chi connectivity index (χ0v) is 13.5. The largest absolute Gasteiger partial charge is 0.497 e. The third-order valence-electron chi connectivity index (χ3n) is 2.78. The predicted molar refractivity (Wildman–Crippen MR) is 81.5 cm³/mol. The summed E-state index contributed by atoms with van der Waals surface area (Å²) < 4.78 is 6.32. The smallest absolute Gasteiger partial charge is 0.119 e. The Morgan fingerprint density at radius 3 is 2.67 bits per heavy atom. The molecule has 0 aliphatic carbocycles. The highest BCUT2D eigenvalue weighted by atomic mass is 79.9. The highest BCUT2D eigenvalue weighted by molar-refractivity contribution is 9.10. The molecule has 0 radical (unpaired) electrons. The second-order valence-electron chi connectivity index (χ2n) is 4.82. The van der Waals surface area contributed by atoms with Crippen molar-refractivity contribution in [2.75, 3.05) is 13.0 Å². The van der Waals surface area contributed by atoms with Crippen LogP contribution in [0.5, 0.6) is 5.75 Å². The maximum Gasteiger partial charge on any atom is 0.119 e. The number of benzene rings is 1. The van der Waals surface area contributed by atoms with Crippen molar-refractivity contribution in [1.82, 2.24) is 5.32 Å². The Kier molecular flexibility index (Phi) is 7.05. The van der Waals surface area contributed by atoms with Crippen LogP contribution >= 0.6 is 27.5 Å². The summed E-state index contributed by atoms with van der Waals surface area (Å²) in [6.45, 7) is 5.22. The number of alkyl halides is 1. The van der Waals surface area contributed by atoms with E-state index in [4.69, 9.17) is 16.3 Å². The molecule has 1 rings (SSSR count). The van der Waals surface area contributed by atoms with Crippen LogP contribution in [0.4, 0.5) is 0 Å². The number of methoxy groups -OCH3 is 1. The molecule has 0 fully saturated rings. The molecule has 1 aromatic rings. The van der Waals surface area contributed by atoms with E-state index >= 15 is 0 Å². The first-order valence-corrected chi connectivity index (χ1v) is 7.51. The summed E-state index contributed by atoms with van der Waals surface area (Å²) in [5, 5.41) is 3.49. The third kappa shape index (κ3) is 5.17. The number of nitrogens with one attached hydrogen (secondary N) is 1. The molecule has 0 amide bonds. The van der Waals surface area contributed by atoms with Gasteiger partial charge in [-0.05, 0) is 36.1 Å². The summed E-state index contributed by atoms with van der Waals surface area (Å²) in [4.78, 5) is 0. The fourth-order valence-corrected chi connectivity index (χ4v) is 2.46. The molecular formula is C14H21BrClNO. The molecule has 1 unspecified atom stereocenters. The summed E-state index contributed by atoms with van der Waals surface area (Å²) in [7, 11) is 1.68. The van der Waals surface area contributed by atoms with Crippen LogP contribution in [0.3, 0.4) is 0 Å². The van der Waals surface area contributed by atoms with Gasteiger partial charge in [-0.25, -0.2) is 0 Å². The van der Waals surface area contributed by atoms with Crippen molar-refractivity contribution < 1.29 is 4.74 Å². The van der Waals surface area contributed by atoms with Gasteiger partial charge in [-0.1, -0.05) is 29.8 Å². The number of halogens is 2. The fraction of sp³-hybridized carbons (Fsp3) is 0.571. The minimum atomic E-state index is 0.352. The second kappa shape index (κ2) is 8.03. The van der Waals surface area contributed by atoms with Crippen molar-refractivity contribution in [3.63, 3.8) is 0 Å². The zero-order valence-electron chi connectivity index (χ0n) is 11.2. The highest BCUT2D eigenvalue weighted by Gasteiger charge is 2.10. The van der Waals surface area contributed by atoms with E-state index < -0.39 is 0 Å². The SMILES string of the molecule is COc1ccc(Br)c(CNC(CCl)CC(C)C)c1. The molecule has 102 valence electrons. The van der Waals surface area contributed by atoms with E-state index in [1.807, 2.05) is 18.2 Å². The average molecular weight is 335 g/mol. The van der Waals surface area contributed by atoms with E-state index in [1.54, 1.807) is 7.11 Å². The maximum atomic E-state index is 5.98. The van der Waals surface area contributed by atoms with E-state index in [2.05, 4.69) is 35.1 Å². The van der Waals surface area contributed by atoms with E-state index in [1.165, 1.54) is 5.56 Å². The van der Waals surface area contributed by atoms with Gasteiger partial charge < -0.3 is 10.1 Å². The van der Waals surface area contributed by atoms with E-state index in [0.717, 1.165) is 23.2 Å². The van der Waals surface area contributed by atoms with Gasteiger partial charge in [-0.3, -0.25) is 0 Å². The van der Waals surface area contributed by atoms with Gasteiger partial charge in [0.05, 0.1) is 7.11 Å². The van der Waals surface area contributed by atoms with Crippen LogP contribution in [-0.4, -0.2) is 19.0 Å². The van der Waals surface area contributed by atoms with Crippen molar-refractivity contribution in [2.24, 2.45) is 5.92 Å². The average Bonchev–Trinajstić information content (AvgIpc) is 2.35. The lowest BCUT2D eigenvalue weighted by atomic mass is 10.0. The molecule has 0 bridgehead atoms. The van der Waals surface area contributed by atoms with Gasteiger partial charge in [0, 0.05) is 22.9 Å². The molecule has 0 spiro atoms. The van der Waals surface area contributed by atoms with Gasteiger partial charge in [0.2, 0.25) is 0 Å². The van der Waals surface area contributed by atoms with Crippen LogP contribution in [0, 0.1) is 5.92 Å². The number of rotatable bonds is 7. The molecule has 1 N–H and O–H groups in total. The predicted octanol–water partition coefficient (Wildman–Crippen LogP) is 4.20. The first-order chi connectivity index (χ1) is 8.56. The second-order valence-corrected chi connectivity index (χ2v) is 5.98. The number of hydrogen-bond donors (Lipinski definition) is 1. The van der Waals surface area contributed by atoms with Crippen molar-refractivity contribution in [3.05, 3.63) is 28.2 Å². The summed E-state index contributed by atoms with van der Waals surface area (Å²) in [6.07, 6.45) is 1.09. The first-order valence-electron chi connectivity index (χ1n) is 6.18. The van der Waals surface area contributed by atoms with Gasteiger partial charge in [0.15, 0.2) is 0 Å². The Bertz CT molecular complexity index is 371. The van der Waals surface area contributed by atoms with Gasteiger partial charge in [-0.15, -0.1) is 11.6 Å². The molecule has 0 saturated carbocycles. The quantitative estimate of drug-likeness (QED) is 0.755. The Morgan fingerprint density at radius 1 is 1.39 bits per heavy atom. The van der Waals surface area contributed by atoms with E-state index in [0.29, 0.717) is 17.8 Å². The van der Waals surface area contributed by atoms with Crippen LogP contribution in [0.15, 0.2) is 22.7 Å². The Morgan fingerprint density at radius 2 is 2.11 bits per heavy atom. The van der Waals surface area contributed by atoms with Crippen LogP contribution in [0.25, 0.3) is 0 Å². The summed E-state index contributed by atoms with van der Waals surface area (Å²) in [5.41, 5.74) is 1.19. The lowest BCUT2D eigenvalue weighted by Gasteiger charge is -2.18. The van der Waals surface area contributed by atoms with Gasteiger partial charge in [0.1, 0.15) is 5.75 Å². The topological polar surface area (TPSA) is 21.3 Å². The maximum absolute atomic E-state index is 5.98. The highest BCUT2D eigenvalue weighted by Crippen LogP contribution is 2.22. The minimum Gasteiger partial charge on any atom is -0.497 e. The Balaban J connectivity index is 2.61. The summed E-state index contributed by atoms with van der Waals surface area (Å²) in [6, 6.07) is 6.34. The molecule has 0 aliphatic heterocycles. The van der Waals surface area contributed by atoms with Gasteiger partial charge in [-0.2, -0.15) is 0 Å². The molecular weight excluding hydrogens is 314 g/mol. The van der Waals surface area contributed by atoms with Crippen molar-refractivity contribution in [3.8, 4) is 5.75 Å². The zero-order chi connectivity index (χ0) is 13.5. The molecule has 0 aliphatic rings. The molecule has 1 aromatic carbocycles. The molecule has 2 nitrogen and oxygen atoms in total. The van der Waals surface area contributed by atoms with Crippen LogP contribution in [0.2, 0.25) is 0 Å². The standard InChI is InChI=1S/C14H21BrClNO/c1-10(2)6-12(8-16)17-9-11-7-13(18-3)4-5-14(11)15/h4-5,7,10,12,17H,6,8-9H2,1-3H3. The third-order valence-corrected chi connectivity index (χ3v) is 3.92. The molecule has 18 heavy (non-hydrogen) atoms. The minimum absolute atomic E-state index is 0.352.